The molecular weight excluding hydrogens is 330 g/mol. The minimum Gasteiger partial charge on any atom is -0.352 e. The van der Waals surface area contributed by atoms with Crippen LogP contribution in [0, 0.1) is 11.6 Å². The van der Waals surface area contributed by atoms with E-state index in [9.17, 15) is 13.6 Å². The number of nitrogens with one attached hydrogen (secondary N) is 1. The van der Waals surface area contributed by atoms with Crippen LogP contribution in [0.15, 0.2) is 54.0 Å². The van der Waals surface area contributed by atoms with Crippen LogP contribution in [0.4, 0.5) is 8.78 Å². The number of benzene rings is 1. The van der Waals surface area contributed by atoms with E-state index >= 15 is 0 Å². The van der Waals surface area contributed by atoms with Crippen molar-refractivity contribution < 1.29 is 13.6 Å². The second kappa shape index (κ2) is 7.31. The summed E-state index contributed by atoms with van der Waals surface area (Å²) in [5, 5.41) is 4.72. The number of halogens is 2. The number of carbonyl (C=O) groups is 1. The summed E-state index contributed by atoms with van der Waals surface area (Å²) in [5.41, 5.74) is 1.87. The maximum absolute atomic E-state index is 13.6. The van der Waals surface area contributed by atoms with Crippen LogP contribution in [0.2, 0.25) is 0 Å². The fourth-order valence-corrected chi connectivity index (χ4v) is 3.07. The van der Waals surface area contributed by atoms with Gasteiger partial charge in [-0.05, 0) is 34.7 Å². The van der Waals surface area contributed by atoms with Crippen molar-refractivity contribution in [3.8, 4) is 10.6 Å². The molecule has 1 amide bonds. The molecule has 3 nitrogen and oxygen atoms in total. The van der Waals surface area contributed by atoms with E-state index in [1.54, 1.807) is 23.6 Å². The van der Waals surface area contributed by atoms with Crippen molar-refractivity contribution >= 4 is 17.2 Å². The Kier molecular flexibility index (Phi) is 4.96. The topological polar surface area (TPSA) is 42.0 Å². The first-order valence-electron chi connectivity index (χ1n) is 7.32. The highest BCUT2D eigenvalue weighted by atomic mass is 32.1. The lowest BCUT2D eigenvalue weighted by Gasteiger charge is -2.09. The number of carbonyl (C=O) groups excluding carboxylic acids is 1. The molecule has 0 aliphatic heterocycles. The van der Waals surface area contributed by atoms with E-state index in [1.165, 1.54) is 6.07 Å². The molecule has 0 bridgehead atoms. The van der Waals surface area contributed by atoms with Gasteiger partial charge in [-0.15, -0.1) is 11.3 Å². The van der Waals surface area contributed by atoms with Gasteiger partial charge in [-0.1, -0.05) is 18.2 Å². The molecule has 122 valence electrons. The summed E-state index contributed by atoms with van der Waals surface area (Å²) in [6.07, 6.45) is 1.56. The number of rotatable bonds is 5. The van der Waals surface area contributed by atoms with Crippen LogP contribution in [-0.2, 0) is 17.8 Å². The first-order chi connectivity index (χ1) is 11.6. The summed E-state index contributed by atoms with van der Waals surface area (Å²) in [6.45, 7) is 0.294. The third-order valence-electron chi connectivity index (χ3n) is 3.49. The molecule has 3 rings (SSSR count). The van der Waals surface area contributed by atoms with Crippen molar-refractivity contribution in [2.24, 2.45) is 0 Å². The zero-order valence-corrected chi connectivity index (χ0v) is 13.4. The molecular formula is C18H14F2N2OS. The summed E-state index contributed by atoms with van der Waals surface area (Å²) >= 11 is 1.57. The quantitative estimate of drug-likeness (QED) is 0.761. The molecule has 1 aromatic carbocycles. The van der Waals surface area contributed by atoms with E-state index in [1.807, 2.05) is 23.6 Å². The van der Waals surface area contributed by atoms with Crippen molar-refractivity contribution in [1.29, 1.82) is 0 Å². The lowest BCUT2D eigenvalue weighted by Crippen LogP contribution is -2.25. The van der Waals surface area contributed by atoms with Gasteiger partial charge in [-0.3, -0.25) is 9.78 Å². The van der Waals surface area contributed by atoms with Gasteiger partial charge in [-0.25, -0.2) is 8.78 Å². The molecule has 3 aromatic rings. The highest BCUT2D eigenvalue weighted by Gasteiger charge is 2.11. The van der Waals surface area contributed by atoms with Crippen LogP contribution in [0.1, 0.15) is 11.1 Å². The lowest BCUT2D eigenvalue weighted by molar-refractivity contribution is -0.120. The van der Waals surface area contributed by atoms with Crippen molar-refractivity contribution in [3.05, 3.63) is 76.8 Å². The number of amides is 1. The maximum Gasteiger partial charge on any atom is 0.224 e. The smallest absolute Gasteiger partial charge is 0.224 e. The molecule has 0 aliphatic carbocycles. The Hall–Kier alpha value is -2.60. The van der Waals surface area contributed by atoms with Crippen molar-refractivity contribution in [2.45, 2.75) is 13.0 Å². The third-order valence-corrected chi connectivity index (χ3v) is 4.36. The zero-order chi connectivity index (χ0) is 16.9. The molecule has 2 heterocycles. The predicted molar refractivity (Wildman–Crippen MR) is 89.5 cm³/mol. The minimum absolute atomic E-state index is 0.138. The Labute approximate surface area is 142 Å². The van der Waals surface area contributed by atoms with Crippen LogP contribution in [-0.4, -0.2) is 10.9 Å². The van der Waals surface area contributed by atoms with Crippen molar-refractivity contribution in [2.75, 3.05) is 0 Å². The fraction of sp³-hybridized carbons (Fsp3) is 0.111. The van der Waals surface area contributed by atoms with Crippen LogP contribution in [0.3, 0.4) is 0 Å². The van der Waals surface area contributed by atoms with E-state index in [0.717, 1.165) is 28.3 Å². The minimum atomic E-state index is -0.717. The van der Waals surface area contributed by atoms with E-state index in [2.05, 4.69) is 10.3 Å². The largest absolute Gasteiger partial charge is 0.352 e. The summed E-state index contributed by atoms with van der Waals surface area (Å²) in [6, 6.07) is 10.8. The van der Waals surface area contributed by atoms with Crippen LogP contribution in [0.5, 0.6) is 0 Å². The molecule has 6 heteroatoms. The van der Waals surface area contributed by atoms with Gasteiger partial charge >= 0.3 is 0 Å². The summed E-state index contributed by atoms with van der Waals surface area (Å²) < 4.78 is 26.5. The van der Waals surface area contributed by atoms with E-state index < -0.39 is 11.6 Å². The monoisotopic (exact) mass is 344 g/mol. The lowest BCUT2D eigenvalue weighted by atomic mass is 10.1. The molecule has 0 radical (unpaired) electrons. The summed E-state index contributed by atoms with van der Waals surface area (Å²) in [5.74, 6) is -1.71. The second-order valence-corrected chi connectivity index (χ2v) is 6.13. The van der Waals surface area contributed by atoms with Gasteiger partial charge in [0.05, 0.1) is 17.0 Å². The number of hydrogen-bond donors (Lipinski definition) is 1. The Balaban J connectivity index is 1.67. The summed E-state index contributed by atoms with van der Waals surface area (Å²) in [7, 11) is 0. The Morgan fingerprint density at radius 1 is 1.12 bits per heavy atom. The average Bonchev–Trinajstić information content (AvgIpc) is 3.10. The highest BCUT2D eigenvalue weighted by Crippen LogP contribution is 2.25. The van der Waals surface area contributed by atoms with E-state index in [4.69, 9.17) is 0 Å². The van der Waals surface area contributed by atoms with Gasteiger partial charge in [0, 0.05) is 18.8 Å². The fourth-order valence-electron chi connectivity index (χ4n) is 2.31. The molecule has 0 spiro atoms. The average molecular weight is 344 g/mol. The van der Waals surface area contributed by atoms with Crippen LogP contribution < -0.4 is 5.32 Å². The molecule has 0 aliphatic rings. The van der Waals surface area contributed by atoms with E-state index in [0.29, 0.717) is 6.54 Å². The molecule has 0 unspecified atom stereocenters. The Bertz CT molecular complexity index is 850. The van der Waals surface area contributed by atoms with E-state index in [-0.39, 0.29) is 17.9 Å². The van der Waals surface area contributed by atoms with Crippen molar-refractivity contribution in [3.63, 3.8) is 0 Å². The second-order valence-electron chi connectivity index (χ2n) is 5.18. The summed E-state index contributed by atoms with van der Waals surface area (Å²) in [4.78, 5) is 17.4. The number of pyridine rings is 1. The molecule has 2 aromatic heterocycles. The molecule has 1 N–H and O–H groups in total. The molecule has 0 fully saturated rings. The van der Waals surface area contributed by atoms with Crippen LogP contribution >= 0.6 is 11.3 Å². The van der Waals surface area contributed by atoms with Gasteiger partial charge < -0.3 is 5.32 Å². The van der Waals surface area contributed by atoms with Crippen molar-refractivity contribution in [1.82, 2.24) is 10.3 Å². The number of aromatic nitrogens is 1. The van der Waals surface area contributed by atoms with Gasteiger partial charge in [0.25, 0.3) is 0 Å². The van der Waals surface area contributed by atoms with Gasteiger partial charge in [0.2, 0.25) is 5.91 Å². The normalized spacial score (nSPS) is 10.6. The van der Waals surface area contributed by atoms with Crippen LogP contribution in [0.25, 0.3) is 10.6 Å². The molecule has 0 saturated carbocycles. The third kappa shape index (κ3) is 3.83. The number of nitrogens with zero attached hydrogens (tertiary/aromatic N) is 1. The number of hydrogen-bond acceptors (Lipinski definition) is 3. The SMILES string of the molecule is O=C(Cc1ccc(F)cc1F)NCc1cccnc1-c1cccs1. The molecule has 0 atom stereocenters. The Morgan fingerprint density at radius 2 is 2.00 bits per heavy atom. The van der Waals surface area contributed by atoms with Gasteiger partial charge in [0.15, 0.2) is 0 Å². The predicted octanol–water partition coefficient (Wildman–Crippen LogP) is 3.95. The molecule has 24 heavy (non-hydrogen) atoms. The first-order valence-corrected chi connectivity index (χ1v) is 8.20. The van der Waals surface area contributed by atoms with Gasteiger partial charge in [0.1, 0.15) is 11.6 Å². The Morgan fingerprint density at radius 3 is 2.75 bits per heavy atom. The first kappa shape index (κ1) is 16.3. The molecule has 0 saturated heterocycles. The maximum atomic E-state index is 13.6. The van der Waals surface area contributed by atoms with Gasteiger partial charge in [-0.2, -0.15) is 0 Å². The standard InChI is InChI=1S/C18H14F2N2OS/c19-14-6-5-12(15(20)10-14)9-17(23)22-11-13-3-1-7-21-18(13)16-4-2-8-24-16/h1-8,10H,9,11H2,(H,22,23). The number of thiophene rings is 1. The zero-order valence-electron chi connectivity index (χ0n) is 12.6. The highest BCUT2D eigenvalue weighted by molar-refractivity contribution is 7.13.